The molecule has 6 heteroatoms. The van der Waals surface area contributed by atoms with Gasteiger partial charge in [-0.15, -0.1) is 0 Å². The smallest absolute Gasteiger partial charge is 0.375 e. The van der Waals surface area contributed by atoms with Gasteiger partial charge in [0, 0.05) is 13.2 Å². The van der Waals surface area contributed by atoms with Gasteiger partial charge >= 0.3 is 6.18 Å². The number of methoxy groups -OCH3 is 1. The van der Waals surface area contributed by atoms with Crippen LogP contribution in [0, 0.1) is 0 Å². The lowest BCUT2D eigenvalue weighted by molar-refractivity contribution is -0.168. The molecule has 0 aliphatic rings. The molecule has 0 unspecified atom stereocenters. The molecule has 0 saturated heterocycles. The lowest BCUT2D eigenvalue weighted by Crippen LogP contribution is -2.46. The number of rotatable bonds is 6. The standard InChI is InChI=1S/C10H18F3NO2/c1-4-8(5-2)14(7-10(11,12)13)9(15)6-16-3/h8H,4-7H2,1-3H3. The molecule has 96 valence electrons. The first-order valence-electron chi connectivity index (χ1n) is 5.20. The van der Waals surface area contributed by atoms with Crippen molar-refractivity contribution in [1.29, 1.82) is 0 Å². The largest absolute Gasteiger partial charge is 0.406 e. The summed E-state index contributed by atoms with van der Waals surface area (Å²) in [5.41, 5.74) is 0. The van der Waals surface area contributed by atoms with Crippen molar-refractivity contribution in [2.24, 2.45) is 0 Å². The van der Waals surface area contributed by atoms with Gasteiger partial charge in [-0.1, -0.05) is 13.8 Å². The van der Waals surface area contributed by atoms with Crippen molar-refractivity contribution in [3.05, 3.63) is 0 Å². The SMILES string of the molecule is CCC(CC)N(CC(F)(F)F)C(=O)COC. The lowest BCUT2D eigenvalue weighted by atomic mass is 10.1. The zero-order valence-electron chi connectivity index (χ0n) is 9.80. The summed E-state index contributed by atoms with van der Waals surface area (Å²) in [6.07, 6.45) is -3.37. The van der Waals surface area contributed by atoms with Crippen molar-refractivity contribution in [2.45, 2.75) is 38.9 Å². The highest BCUT2D eigenvalue weighted by Gasteiger charge is 2.35. The molecule has 0 aromatic heterocycles. The maximum atomic E-state index is 12.3. The van der Waals surface area contributed by atoms with Gasteiger partial charge in [-0.05, 0) is 12.8 Å². The molecule has 0 bridgehead atoms. The zero-order chi connectivity index (χ0) is 12.8. The van der Waals surface area contributed by atoms with Crippen LogP contribution < -0.4 is 0 Å². The van der Waals surface area contributed by atoms with Gasteiger partial charge in [-0.3, -0.25) is 4.79 Å². The molecule has 0 atom stereocenters. The van der Waals surface area contributed by atoms with E-state index >= 15 is 0 Å². The Hall–Kier alpha value is -0.780. The van der Waals surface area contributed by atoms with Crippen LogP contribution in [-0.2, 0) is 9.53 Å². The fourth-order valence-electron chi connectivity index (χ4n) is 1.55. The number of hydrogen-bond acceptors (Lipinski definition) is 2. The third kappa shape index (κ3) is 5.34. The van der Waals surface area contributed by atoms with Crippen molar-refractivity contribution >= 4 is 5.91 Å². The average molecular weight is 241 g/mol. The molecule has 0 aliphatic carbocycles. The van der Waals surface area contributed by atoms with E-state index in [4.69, 9.17) is 0 Å². The van der Waals surface area contributed by atoms with Crippen LogP contribution in [0.3, 0.4) is 0 Å². The Morgan fingerprint density at radius 2 is 1.81 bits per heavy atom. The molecule has 1 amide bonds. The molecule has 0 aromatic rings. The first kappa shape index (κ1) is 15.2. The molecule has 0 radical (unpaired) electrons. The van der Waals surface area contributed by atoms with E-state index in [2.05, 4.69) is 4.74 Å². The van der Waals surface area contributed by atoms with Crippen molar-refractivity contribution in [1.82, 2.24) is 4.90 Å². The second-order valence-electron chi connectivity index (χ2n) is 3.54. The molecule has 0 aliphatic heterocycles. The molecule has 0 saturated carbocycles. The van der Waals surface area contributed by atoms with E-state index < -0.39 is 18.6 Å². The Bertz CT molecular complexity index is 215. The summed E-state index contributed by atoms with van der Waals surface area (Å²) in [6, 6.07) is -0.385. The van der Waals surface area contributed by atoms with Crippen molar-refractivity contribution in [2.75, 3.05) is 20.3 Å². The third-order valence-corrected chi connectivity index (χ3v) is 2.32. The molecule has 0 N–H and O–H groups in total. The van der Waals surface area contributed by atoms with Crippen LogP contribution in [0.4, 0.5) is 13.2 Å². The predicted octanol–water partition coefficient (Wildman–Crippen LogP) is 2.21. The van der Waals surface area contributed by atoms with Gasteiger partial charge in [0.25, 0.3) is 0 Å². The van der Waals surface area contributed by atoms with Gasteiger partial charge in [0.15, 0.2) is 0 Å². The Labute approximate surface area is 93.6 Å². The van der Waals surface area contributed by atoms with Gasteiger partial charge in [0.1, 0.15) is 13.2 Å². The van der Waals surface area contributed by atoms with Gasteiger partial charge in [-0.2, -0.15) is 13.2 Å². The number of halogens is 3. The van der Waals surface area contributed by atoms with Crippen molar-refractivity contribution in [3.63, 3.8) is 0 Å². The monoisotopic (exact) mass is 241 g/mol. The molecule has 0 fully saturated rings. The maximum absolute atomic E-state index is 12.3. The predicted molar refractivity (Wildman–Crippen MR) is 54.0 cm³/mol. The van der Waals surface area contributed by atoms with Crippen LogP contribution in [0.25, 0.3) is 0 Å². The number of alkyl halides is 3. The number of nitrogens with zero attached hydrogens (tertiary/aromatic N) is 1. The van der Waals surface area contributed by atoms with E-state index in [-0.39, 0.29) is 12.6 Å². The molecular formula is C10H18F3NO2. The normalized spacial score (nSPS) is 11.9. The van der Waals surface area contributed by atoms with Gasteiger partial charge in [0.05, 0.1) is 0 Å². The lowest BCUT2D eigenvalue weighted by Gasteiger charge is -2.31. The number of amides is 1. The Balaban J connectivity index is 4.68. The first-order valence-corrected chi connectivity index (χ1v) is 5.20. The van der Waals surface area contributed by atoms with E-state index in [1.807, 2.05) is 0 Å². The maximum Gasteiger partial charge on any atom is 0.406 e. The zero-order valence-corrected chi connectivity index (χ0v) is 9.80. The molecule has 0 aromatic carbocycles. The minimum Gasteiger partial charge on any atom is -0.375 e. The number of carbonyl (C=O) groups excluding carboxylic acids is 1. The fraction of sp³-hybridized carbons (Fsp3) is 0.900. The summed E-state index contributed by atoms with van der Waals surface area (Å²) < 4.78 is 41.5. The summed E-state index contributed by atoms with van der Waals surface area (Å²) in [7, 11) is 1.29. The van der Waals surface area contributed by atoms with Crippen molar-refractivity contribution in [3.8, 4) is 0 Å². The highest BCUT2D eigenvalue weighted by Crippen LogP contribution is 2.20. The minimum atomic E-state index is -4.37. The van der Waals surface area contributed by atoms with E-state index in [0.29, 0.717) is 12.8 Å². The highest BCUT2D eigenvalue weighted by atomic mass is 19.4. The van der Waals surface area contributed by atoms with Crippen LogP contribution in [0.1, 0.15) is 26.7 Å². The Morgan fingerprint density at radius 3 is 2.12 bits per heavy atom. The topological polar surface area (TPSA) is 29.5 Å². The quantitative estimate of drug-likeness (QED) is 0.713. The fourth-order valence-corrected chi connectivity index (χ4v) is 1.55. The van der Waals surface area contributed by atoms with Gasteiger partial charge in [-0.25, -0.2) is 0 Å². The second kappa shape index (κ2) is 6.73. The highest BCUT2D eigenvalue weighted by molar-refractivity contribution is 5.77. The molecule has 0 rings (SSSR count). The van der Waals surface area contributed by atoms with E-state index in [1.54, 1.807) is 13.8 Å². The first-order chi connectivity index (χ1) is 7.35. The molecule has 16 heavy (non-hydrogen) atoms. The van der Waals surface area contributed by atoms with Crippen LogP contribution >= 0.6 is 0 Å². The van der Waals surface area contributed by atoms with E-state index in [9.17, 15) is 18.0 Å². The minimum absolute atomic E-state index is 0.313. The summed E-state index contributed by atoms with van der Waals surface area (Å²) in [4.78, 5) is 12.3. The van der Waals surface area contributed by atoms with Crippen LogP contribution in [-0.4, -0.2) is 43.3 Å². The summed E-state index contributed by atoms with van der Waals surface area (Å²) in [6.45, 7) is 2.00. The summed E-state index contributed by atoms with van der Waals surface area (Å²) in [5, 5.41) is 0. The Kier molecular flexibility index (Phi) is 6.40. The summed E-state index contributed by atoms with van der Waals surface area (Å²) >= 11 is 0. The van der Waals surface area contributed by atoms with Crippen LogP contribution in [0.2, 0.25) is 0 Å². The molecule has 0 heterocycles. The average Bonchev–Trinajstić information content (AvgIpc) is 2.16. The van der Waals surface area contributed by atoms with E-state index in [1.165, 1.54) is 7.11 Å². The van der Waals surface area contributed by atoms with Gasteiger partial charge in [0.2, 0.25) is 5.91 Å². The number of ether oxygens (including phenoxy) is 1. The van der Waals surface area contributed by atoms with Crippen molar-refractivity contribution < 1.29 is 22.7 Å². The summed E-state index contributed by atoms with van der Waals surface area (Å²) in [5.74, 6) is -0.617. The molecular weight excluding hydrogens is 223 g/mol. The van der Waals surface area contributed by atoms with Gasteiger partial charge < -0.3 is 9.64 Å². The number of hydrogen-bond donors (Lipinski definition) is 0. The number of carbonyl (C=O) groups is 1. The third-order valence-electron chi connectivity index (χ3n) is 2.32. The Morgan fingerprint density at radius 1 is 1.31 bits per heavy atom. The molecule has 0 spiro atoms. The van der Waals surface area contributed by atoms with Crippen LogP contribution in [0.15, 0.2) is 0 Å². The van der Waals surface area contributed by atoms with Crippen LogP contribution in [0.5, 0.6) is 0 Å². The van der Waals surface area contributed by atoms with E-state index in [0.717, 1.165) is 4.90 Å². The second-order valence-corrected chi connectivity index (χ2v) is 3.54. The molecule has 3 nitrogen and oxygen atoms in total.